The maximum atomic E-state index is 9.73. The molecule has 0 atom stereocenters. The van der Waals surface area contributed by atoms with Crippen LogP contribution < -0.4 is 0 Å². The van der Waals surface area contributed by atoms with Crippen LogP contribution in [0.4, 0.5) is 5.69 Å². The highest BCUT2D eigenvalue weighted by Gasteiger charge is 2.22. The van der Waals surface area contributed by atoms with Gasteiger partial charge in [-0.1, -0.05) is 29.8 Å². The number of fused-ring (bicyclic) bond motifs is 2. The molecule has 0 spiro atoms. The highest BCUT2D eigenvalue weighted by Crippen LogP contribution is 2.38. The Morgan fingerprint density at radius 1 is 1.00 bits per heavy atom. The van der Waals surface area contributed by atoms with Crippen LogP contribution in [0.25, 0.3) is 16.8 Å². The van der Waals surface area contributed by atoms with Gasteiger partial charge < -0.3 is 5.11 Å². The van der Waals surface area contributed by atoms with E-state index >= 15 is 0 Å². The van der Waals surface area contributed by atoms with Gasteiger partial charge in [-0.25, -0.2) is 14.5 Å². The third-order valence-corrected chi connectivity index (χ3v) is 4.62. The number of phenols is 1. The van der Waals surface area contributed by atoms with Crippen molar-refractivity contribution in [2.45, 2.75) is 0 Å². The van der Waals surface area contributed by atoms with Crippen LogP contribution in [-0.4, -0.2) is 25.4 Å². The highest BCUT2D eigenvalue weighted by atomic mass is 35.5. The van der Waals surface area contributed by atoms with Crippen LogP contribution in [0.3, 0.4) is 0 Å². The number of rotatable bonds is 1. The first-order valence-corrected chi connectivity index (χ1v) is 8.10. The summed E-state index contributed by atoms with van der Waals surface area (Å²) in [5.41, 5.74) is 6.04. The number of nitrogens with zero attached hydrogens (tertiary/aromatic N) is 4. The summed E-state index contributed by atoms with van der Waals surface area (Å²) in [4.78, 5) is 9.39. The molecule has 5 rings (SSSR count). The van der Waals surface area contributed by atoms with Crippen molar-refractivity contribution in [1.82, 2.24) is 14.6 Å². The van der Waals surface area contributed by atoms with Gasteiger partial charge in [-0.15, -0.1) is 0 Å². The van der Waals surface area contributed by atoms with E-state index in [1.807, 2.05) is 36.5 Å². The van der Waals surface area contributed by atoms with Crippen LogP contribution in [0.5, 0.6) is 5.75 Å². The van der Waals surface area contributed by atoms with Crippen LogP contribution in [0.1, 0.15) is 11.1 Å². The summed E-state index contributed by atoms with van der Waals surface area (Å²) < 4.78 is 1.80. The largest absolute Gasteiger partial charge is 0.506 e. The SMILES string of the molecule is Oc1ccc(C2=Nc3ccccc3-c3ncnn4ccc2c34)cc1Cl. The zero-order valence-electron chi connectivity index (χ0n) is 12.9. The Morgan fingerprint density at radius 3 is 2.76 bits per heavy atom. The molecule has 1 aliphatic rings. The number of benzene rings is 2. The Bertz CT molecular complexity index is 1180. The average molecular weight is 347 g/mol. The second-order valence-corrected chi connectivity index (χ2v) is 6.18. The highest BCUT2D eigenvalue weighted by molar-refractivity contribution is 6.33. The lowest BCUT2D eigenvalue weighted by Crippen LogP contribution is -2.03. The first kappa shape index (κ1) is 14.2. The lowest BCUT2D eigenvalue weighted by atomic mass is 10.0. The van der Waals surface area contributed by atoms with Crippen molar-refractivity contribution in [2.75, 3.05) is 0 Å². The molecule has 0 saturated heterocycles. The minimum atomic E-state index is 0.0470. The van der Waals surface area contributed by atoms with Gasteiger partial charge in [0.25, 0.3) is 0 Å². The molecule has 120 valence electrons. The van der Waals surface area contributed by atoms with Gasteiger partial charge in [0.1, 0.15) is 23.3 Å². The molecular weight excluding hydrogens is 336 g/mol. The van der Waals surface area contributed by atoms with E-state index in [0.717, 1.165) is 39.3 Å². The number of para-hydroxylation sites is 1. The smallest absolute Gasteiger partial charge is 0.137 e. The van der Waals surface area contributed by atoms with Gasteiger partial charge >= 0.3 is 0 Å². The number of aromatic hydroxyl groups is 1. The number of halogens is 1. The molecule has 0 radical (unpaired) electrons. The van der Waals surface area contributed by atoms with Crippen molar-refractivity contribution in [3.8, 4) is 17.0 Å². The zero-order valence-corrected chi connectivity index (χ0v) is 13.6. The first-order valence-electron chi connectivity index (χ1n) is 7.72. The molecule has 2 aromatic heterocycles. The van der Waals surface area contributed by atoms with E-state index in [1.54, 1.807) is 29.0 Å². The van der Waals surface area contributed by atoms with Crippen molar-refractivity contribution >= 4 is 28.5 Å². The first-order chi connectivity index (χ1) is 12.2. The third-order valence-electron chi connectivity index (χ3n) is 4.32. The Hall–Kier alpha value is -3.18. The topological polar surface area (TPSA) is 62.8 Å². The van der Waals surface area contributed by atoms with Crippen LogP contribution in [0.2, 0.25) is 5.02 Å². The maximum absolute atomic E-state index is 9.73. The van der Waals surface area contributed by atoms with E-state index in [2.05, 4.69) is 10.1 Å². The molecule has 0 bridgehead atoms. The van der Waals surface area contributed by atoms with E-state index in [0.29, 0.717) is 0 Å². The number of aliphatic imine (C=N–C) groups is 1. The normalized spacial score (nSPS) is 12.6. The average Bonchev–Trinajstić information content (AvgIpc) is 3.00. The predicted molar refractivity (Wildman–Crippen MR) is 96.8 cm³/mol. The van der Waals surface area contributed by atoms with Crippen molar-refractivity contribution in [1.29, 1.82) is 0 Å². The Balaban J connectivity index is 1.90. The number of aromatic nitrogens is 3. The standard InChI is InChI=1S/C19H11ClN4O/c20-14-9-11(5-6-16(14)25)17-13-7-8-24-19(13)18(21-10-22-24)12-3-1-2-4-15(12)23-17/h1-10,25H. The van der Waals surface area contributed by atoms with Crippen molar-refractivity contribution in [2.24, 2.45) is 4.99 Å². The monoisotopic (exact) mass is 346 g/mol. The van der Waals surface area contributed by atoms with Crippen molar-refractivity contribution < 1.29 is 5.11 Å². The van der Waals surface area contributed by atoms with Gasteiger partial charge in [-0.2, -0.15) is 5.10 Å². The number of hydrogen-bond donors (Lipinski definition) is 1. The summed E-state index contributed by atoms with van der Waals surface area (Å²) >= 11 is 6.12. The molecule has 1 aliphatic heterocycles. The van der Waals surface area contributed by atoms with Gasteiger partial charge in [0.15, 0.2) is 0 Å². The van der Waals surface area contributed by atoms with Crippen molar-refractivity contribution in [3.05, 3.63) is 77.2 Å². The lowest BCUT2D eigenvalue weighted by molar-refractivity contribution is 0.475. The summed E-state index contributed by atoms with van der Waals surface area (Å²) in [6, 6.07) is 15.0. The summed E-state index contributed by atoms with van der Waals surface area (Å²) in [6.45, 7) is 0. The molecule has 3 heterocycles. The molecule has 0 unspecified atom stereocenters. The van der Waals surface area contributed by atoms with Crippen LogP contribution >= 0.6 is 11.6 Å². The van der Waals surface area contributed by atoms with Gasteiger partial charge in [0.2, 0.25) is 0 Å². The number of phenolic OH excluding ortho intramolecular Hbond substituents is 1. The molecule has 25 heavy (non-hydrogen) atoms. The summed E-state index contributed by atoms with van der Waals surface area (Å²) in [5.74, 6) is 0.0470. The fourth-order valence-electron chi connectivity index (χ4n) is 3.17. The van der Waals surface area contributed by atoms with Gasteiger partial charge in [0, 0.05) is 22.9 Å². The molecule has 5 nitrogen and oxygen atoms in total. The van der Waals surface area contributed by atoms with Crippen molar-refractivity contribution in [3.63, 3.8) is 0 Å². The second kappa shape index (κ2) is 5.16. The van der Waals surface area contributed by atoms with Crippen LogP contribution in [0, 0.1) is 0 Å². The molecule has 0 fully saturated rings. The van der Waals surface area contributed by atoms with E-state index in [9.17, 15) is 5.11 Å². The van der Waals surface area contributed by atoms with Gasteiger partial charge in [-0.3, -0.25) is 0 Å². The Labute approximate surface area is 147 Å². The van der Waals surface area contributed by atoms with E-state index in [1.165, 1.54) is 0 Å². The van der Waals surface area contributed by atoms with Crippen LogP contribution in [-0.2, 0) is 0 Å². The molecule has 0 saturated carbocycles. The lowest BCUT2D eigenvalue weighted by Gasteiger charge is -2.07. The fourth-order valence-corrected chi connectivity index (χ4v) is 3.35. The third kappa shape index (κ3) is 2.06. The van der Waals surface area contributed by atoms with E-state index in [-0.39, 0.29) is 10.8 Å². The summed E-state index contributed by atoms with van der Waals surface area (Å²) in [6.07, 6.45) is 3.44. The second-order valence-electron chi connectivity index (χ2n) is 5.77. The fraction of sp³-hybridized carbons (Fsp3) is 0. The minimum Gasteiger partial charge on any atom is -0.506 e. The molecule has 4 aromatic rings. The molecule has 2 aromatic carbocycles. The van der Waals surface area contributed by atoms with E-state index in [4.69, 9.17) is 16.6 Å². The minimum absolute atomic E-state index is 0.0470. The Morgan fingerprint density at radius 2 is 1.88 bits per heavy atom. The van der Waals surface area contributed by atoms with Crippen LogP contribution in [0.15, 0.2) is 66.0 Å². The molecule has 6 heteroatoms. The van der Waals surface area contributed by atoms with Gasteiger partial charge in [0.05, 0.1) is 16.4 Å². The number of hydrogen-bond acceptors (Lipinski definition) is 4. The Kier molecular flexibility index (Phi) is 2.93. The molecular formula is C19H11ClN4O. The summed E-state index contributed by atoms with van der Waals surface area (Å²) in [7, 11) is 0. The quantitative estimate of drug-likeness (QED) is 0.494. The zero-order chi connectivity index (χ0) is 17.0. The van der Waals surface area contributed by atoms with E-state index < -0.39 is 0 Å². The predicted octanol–water partition coefficient (Wildman–Crippen LogP) is 4.24. The maximum Gasteiger partial charge on any atom is 0.137 e. The molecule has 0 amide bonds. The summed E-state index contributed by atoms with van der Waals surface area (Å²) in [5, 5.41) is 14.3. The van der Waals surface area contributed by atoms with Gasteiger partial charge in [-0.05, 0) is 30.3 Å². The molecule has 1 N–H and O–H groups in total. The molecule has 0 aliphatic carbocycles.